The molecule has 1 aliphatic rings. The minimum atomic E-state index is 0.217. The number of carbonyl (C=O) groups excluding carboxylic acids is 1. The standard InChI is InChI=1S/C21H30N4O3/c1-16(2)14-20-22-19(23-28-20)15-24-10-12-25(13-11-24)21(26)9-6-17-4-7-18(27-3)8-5-17/h4-5,7-8,16H,6,9-15H2,1-3H3. The third kappa shape index (κ3) is 5.79. The molecule has 0 aliphatic carbocycles. The van der Waals surface area contributed by atoms with Crippen molar-refractivity contribution < 1.29 is 14.1 Å². The number of rotatable bonds is 8. The summed E-state index contributed by atoms with van der Waals surface area (Å²) in [5.74, 6) is 2.99. The lowest BCUT2D eigenvalue weighted by atomic mass is 10.1. The summed E-state index contributed by atoms with van der Waals surface area (Å²) in [5.41, 5.74) is 1.15. The van der Waals surface area contributed by atoms with Gasteiger partial charge in [-0.2, -0.15) is 4.98 Å². The summed E-state index contributed by atoms with van der Waals surface area (Å²) >= 11 is 0. The number of ether oxygens (including phenoxy) is 1. The van der Waals surface area contributed by atoms with Gasteiger partial charge in [0.15, 0.2) is 5.82 Å². The van der Waals surface area contributed by atoms with Gasteiger partial charge in [-0.05, 0) is 30.0 Å². The second kappa shape index (κ2) is 9.68. The molecular formula is C21H30N4O3. The van der Waals surface area contributed by atoms with E-state index >= 15 is 0 Å². The molecule has 2 aromatic rings. The van der Waals surface area contributed by atoms with E-state index in [1.165, 1.54) is 0 Å². The van der Waals surface area contributed by atoms with Gasteiger partial charge in [-0.25, -0.2) is 0 Å². The molecule has 0 atom stereocenters. The van der Waals surface area contributed by atoms with E-state index in [0.29, 0.717) is 24.8 Å². The lowest BCUT2D eigenvalue weighted by molar-refractivity contribution is -0.133. The van der Waals surface area contributed by atoms with E-state index < -0.39 is 0 Å². The highest BCUT2D eigenvalue weighted by molar-refractivity contribution is 5.76. The molecule has 1 aromatic heterocycles. The first-order valence-electron chi connectivity index (χ1n) is 9.98. The number of aryl methyl sites for hydroxylation is 1. The Morgan fingerprint density at radius 1 is 1.18 bits per heavy atom. The van der Waals surface area contributed by atoms with Gasteiger partial charge in [0.25, 0.3) is 0 Å². The van der Waals surface area contributed by atoms with Gasteiger partial charge in [-0.3, -0.25) is 9.69 Å². The molecule has 0 bridgehead atoms. The number of piperazine rings is 1. The molecule has 0 spiro atoms. The lowest BCUT2D eigenvalue weighted by Gasteiger charge is -2.34. The zero-order valence-electron chi connectivity index (χ0n) is 17.1. The van der Waals surface area contributed by atoms with Crippen molar-refractivity contribution in [3.63, 3.8) is 0 Å². The molecule has 1 aliphatic heterocycles. The summed E-state index contributed by atoms with van der Waals surface area (Å²) in [4.78, 5) is 21.2. The number of methoxy groups -OCH3 is 1. The Morgan fingerprint density at radius 2 is 1.89 bits per heavy atom. The van der Waals surface area contributed by atoms with Crippen LogP contribution >= 0.6 is 0 Å². The van der Waals surface area contributed by atoms with E-state index in [-0.39, 0.29) is 5.91 Å². The summed E-state index contributed by atoms with van der Waals surface area (Å²) in [6.45, 7) is 8.11. The minimum Gasteiger partial charge on any atom is -0.497 e. The summed E-state index contributed by atoms with van der Waals surface area (Å²) in [6.07, 6.45) is 2.10. The molecule has 3 rings (SSSR count). The van der Waals surface area contributed by atoms with E-state index in [4.69, 9.17) is 9.26 Å². The average molecular weight is 386 g/mol. The molecule has 2 heterocycles. The average Bonchev–Trinajstić information content (AvgIpc) is 3.13. The third-order valence-electron chi connectivity index (χ3n) is 4.97. The summed E-state index contributed by atoms with van der Waals surface area (Å²) < 4.78 is 10.5. The van der Waals surface area contributed by atoms with Crippen LogP contribution in [0.15, 0.2) is 28.8 Å². The fraction of sp³-hybridized carbons (Fsp3) is 0.571. The number of carbonyl (C=O) groups is 1. The fourth-order valence-electron chi connectivity index (χ4n) is 3.34. The lowest BCUT2D eigenvalue weighted by Crippen LogP contribution is -2.48. The van der Waals surface area contributed by atoms with Gasteiger partial charge in [0.05, 0.1) is 13.7 Å². The highest BCUT2D eigenvalue weighted by atomic mass is 16.5. The fourth-order valence-corrected chi connectivity index (χ4v) is 3.34. The Labute approximate surface area is 166 Å². The van der Waals surface area contributed by atoms with Crippen LogP contribution in [0.3, 0.4) is 0 Å². The molecule has 7 heteroatoms. The first-order valence-corrected chi connectivity index (χ1v) is 9.98. The third-order valence-corrected chi connectivity index (χ3v) is 4.97. The topological polar surface area (TPSA) is 71.7 Å². The molecule has 0 N–H and O–H groups in total. The minimum absolute atomic E-state index is 0.217. The van der Waals surface area contributed by atoms with E-state index in [2.05, 4.69) is 28.9 Å². The molecule has 0 saturated carbocycles. The molecule has 1 aromatic carbocycles. The van der Waals surface area contributed by atoms with Crippen molar-refractivity contribution in [2.75, 3.05) is 33.3 Å². The number of aromatic nitrogens is 2. The molecule has 0 radical (unpaired) electrons. The molecule has 1 amide bonds. The normalized spacial score (nSPS) is 15.2. The predicted molar refractivity (Wildman–Crippen MR) is 106 cm³/mol. The monoisotopic (exact) mass is 386 g/mol. The molecule has 152 valence electrons. The zero-order chi connectivity index (χ0) is 19.9. The van der Waals surface area contributed by atoms with Crippen LogP contribution in [-0.2, 0) is 24.2 Å². The Bertz CT molecular complexity index is 749. The van der Waals surface area contributed by atoms with Gasteiger partial charge >= 0.3 is 0 Å². The Morgan fingerprint density at radius 3 is 2.54 bits per heavy atom. The van der Waals surface area contributed by atoms with E-state index in [1.807, 2.05) is 29.2 Å². The molecule has 0 unspecified atom stereocenters. The first kappa shape index (κ1) is 20.3. The first-order chi connectivity index (χ1) is 13.5. The maximum atomic E-state index is 12.5. The van der Waals surface area contributed by atoms with Gasteiger partial charge in [-0.15, -0.1) is 0 Å². The van der Waals surface area contributed by atoms with Crippen LogP contribution in [0.25, 0.3) is 0 Å². The molecule has 7 nitrogen and oxygen atoms in total. The Hall–Kier alpha value is -2.41. The number of hydrogen-bond acceptors (Lipinski definition) is 6. The Kier molecular flexibility index (Phi) is 7.03. The van der Waals surface area contributed by atoms with Crippen LogP contribution in [0.5, 0.6) is 5.75 Å². The van der Waals surface area contributed by atoms with Crippen molar-refractivity contribution in [1.82, 2.24) is 19.9 Å². The highest BCUT2D eigenvalue weighted by Crippen LogP contribution is 2.14. The number of benzene rings is 1. The largest absolute Gasteiger partial charge is 0.497 e. The van der Waals surface area contributed by atoms with Gasteiger partial charge in [-0.1, -0.05) is 31.1 Å². The molecule has 28 heavy (non-hydrogen) atoms. The molecular weight excluding hydrogens is 356 g/mol. The quantitative estimate of drug-likeness (QED) is 0.694. The second-order valence-corrected chi connectivity index (χ2v) is 7.71. The summed E-state index contributed by atoms with van der Waals surface area (Å²) in [6, 6.07) is 7.90. The van der Waals surface area contributed by atoms with Crippen molar-refractivity contribution in [3.8, 4) is 5.75 Å². The van der Waals surface area contributed by atoms with Crippen molar-refractivity contribution in [1.29, 1.82) is 0 Å². The predicted octanol–water partition coefficient (Wildman–Crippen LogP) is 2.55. The van der Waals surface area contributed by atoms with Crippen LogP contribution < -0.4 is 4.74 Å². The molecule has 1 saturated heterocycles. The smallest absolute Gasteiger partial charge is 0.226 e. The highest BCUT2D eigenvalue weighted by Gasteiger charge is 2.22. The van der Waals surface area contributed by atoms with Crippen molar-refractivity contribution in [2.45, 2.75) is 39.7 Å². The number of nitrogens with zero attached hydrogens (tertiary/aromatic N) is 4. The maximum absolute atomic E-state index is 12.5. The van der Waals surface area contributed by atoms with E-state index in [9.17, 15) is 4.79 Å². The van der Waals surface area contributed by atoms with Crippen LogP contribution in [0, 0.1) is 5.92 Å². The van der Waals surface area contributed by atoms with Crippen molar-refractivity contribution >= 4 is 5.91 Å². The molecule has 1 fully saturated rings. The van der Waals surface area contributed by atoms with Crippen LogP contribution in [0.1, 0.15) is 37.5 Å². The van der Waals surface area contributed by atoms with Crippen LogP contribution in [0.4, 0.5) is 0 Å². The van der Waals surface area contributed by atoms with Crippen LogP contribution in [0.2, 0.25) is 0 Å². The van der Waals surface area contributed by atoms with Crippen molar-refractivity contribution in [3.05, 3.63) is 41.5 Å². The zero-order valence-corrected chi connectivity index (χ0v) is 17.1. The van der Waals surface area contributed by atoms with Gasteiger partial charge < -0.3 is 14.2 Å². The number of hydrogen-bond donors (Lipinski definition) is 0. The van der Waals surface area contributed by atoms with Gasteiger partial charge in [0, 0.05) is 39.0 Å². The SMILES string of the molecule is COc1ccc(CCC(=O)N2CCN(Cc3noc(CC(C)C)n3)CC2)cc1. The van der Waals surface area contributed by atoms with Crippen LogP contribution in [-0.4, -0.2) is 59.1 Å². The summed E-state index contributed by atoms with van der Waals surface area (Å²) in [5, 5.41) is 4.08. The number of amides is 1. The Balaban J connectivity index is 1.40. The van der Waals surface area contributed by atoms with Gasteiger partial charge in [0.2, 0.25) is 11.8 Å². The van der Waals surface area contributed by atoms with Gasteiger partial charge in [0.1, 0.15) is 5.75 Å². The second-order valence-electron chi connectivity index (χ2n) is 7.71. The van der Waals surface area contributed by atoms with E-state index in [1.54, 1.807) is 7.11 Å². The maximum Gasteiger partial charge on any atom is 0.226 e. The van der Waals surface area contributed by atoms with Crippen molar-refractivity contribution in [2.24, 2.45) is 5.92 Å². The van der Waals surface area contributed by atoms with E-state index in [0.717, 1.165) is 56.2 Å². The summed E-state index contributed by atoms with van der Waals surface area (Å²) in [7, 11) is 1.65.